The number of carbonyl (C=O) groups excluding carboxylic acids is 2. The number of esters is 2. The van der Waals surface area contributed by atoms with Crippen molar-refractivity contribution in [3.05, 3.63) is 82.1 Å². The number of thiazole rings is 1. The lowest BCUT2D eigenvalue weighted by atomic mass is 9.96. The Hall–Kier alpha value is -3.65. The van der Waals surface area contributed by atoms with Crippen LogP contribution in [0.3, 0.4) is 0 Å². The van der Waals surface area contributed by atoms with Crippen molar-refractivity contribution in [1.82, 2.24) is 4.57 Å². The second-order valence-corrected chi connectivity index (χ2v) is 11.8. The number of hydrogen-bond donors (Lipinski definition) is 0. The summed E-state index contributed by atoms with van der Waals surface area (Å²) in [6.07, 6.45) is 1.39. The molecule has 12 heteroatoms. The van der Waals surface area contributed by atoms with Crippen LogP contribution in [0.2, 0.25) is 0 Å². The summed E-state index contributed by atoms with van der Waals surface area (Å²) < 4.78 is 29.9. The number of allylic oxidation sites excluding steroid dienone is 1. The first-order valence-corrected chi connectivity index (χ1v) is 15.6. The zero-order chi connectivity index (χ0) is 31.3. The number of hydrogen-bond acceptors (Lipinski definition) is 10. The minimum absolute atomic E-state index is 0.256. The van der Waals surface area contributed by atoms with Crippen molar-refractivity contribution in [2.45, 2.75) is 46.8 Å². The van der Waals surface area contributed by atoms with Crippen LogP contribution in [0.5, 0.6) is 17.2 Å². The Kier molecular flexibility index (Phi) is 10.7. The van der Waals surface area contributed by atoms with E-state index in [0.29, 0.717) is 53.6 Å². The normalized spacial score (nSPS) is 14.7. The molecule has 2 aromatic carbocycles. The minimum Gasteiger partial charge on any atom is -0.494 e. The quantitative estimate of drug-likeness (QED) is 0.215. The summed E-state index contributed by atoms with van der Waals surface area (Å²) in [4.78, 5) is 44.2. The molecule has 0 aliphatic carbocycles. The molecule has 4 rings (SSSR count). The van der Waals surface area contributed by atoms with E-state index in [4.69, 9.17) is 23.7 Å². The number of carbonyl (C=O) groups is 2. The average molecular weight is 721 g/mol. The van der Waals surface area contributed by atoms with Crippen LogP contribution in [0, 0.1) is 3.57 Å². The van der Waals surface area contributed by atoms with Crippen molar-refractivity contribution in [1.29, 1.82) is 0 Å². The number of nitrogens with zero attached hydrogens (tertiary/aromatic N) is 2. The maximum atomic E-state index is 14.0. The van der Waals surface area contributed by atoms with Crippen molar-refractivity contribution >= 4 is 51.9 Å². The second-order valence-electron chi connectivity index (χ2n) is 9.67. The van der Waals surface area contributed by atoms with Gasteiger partial charge in [-0.05, 0) is 98.7 Å². The molecule has 1 aliphatic rings. The molecule has 0 fully saturated rings. The molecule has 2 heterocycles. The molecule has 0 radical (unpaired) electrons. The van der Waals surface area contributed by atoms with E-state index >= 15 is 0 Å². The van der Waals surface area contributed by atoms with E-state index < -0.39 is 18.0 Å². The highest BCUT2D eigenvalue weighted by Crippen LogP contribution is 2.35. The third-order valence-corrected chi connectivity index (χ3v) is 8.06. The molecule has 0 saturated carbocycles. The number of methoxy groups -OCH3 is 1. The summed E-state index contributed by atoms with van der Waals surface area (Å²) in [7, 11) is 1.50. The molecule has 0 unspecified atom stereocenters. The molecule has 3 aromatic rings. The molecular weight excluding hydrogens is 687 g/mol. The Balaban J connectivity index is 1.82. The molecule has 0 N–H and O–H groups in total. The van der Waals surface area contributed by atoms with Crippen molar-refractivity contribution in [2.75, 3.05) is 26.9 Å². The number of rotatable bonds is 11. The Morgan fingerprint density at radius 2 is 1.84 bits per heavy atom. The first kappa shape index (κ1) is 32.3. The van der Waals surface area contributed by atoms with Gasteiger partial charge >= 0.3 is 11.9 Å². The zero-order valence-electron chi connectivity index (χ0n) is 24.8. The van der Waals surface area contributed by atoms with E-state index in [1.54, 1.807) is 39.8 Å². The average Bonchev–Trinajstić information content (AvgIpc) is 3.25. The van der Waals surface area contributed by atoms with Gasteiger partial charge in [-0.25, -0.2) is 14.6 Å². The van der Waals surface area contributed by atoms with Gasteiger partial charge < -0.3 is 23.7 Å². The van der Waals surface area contributed by atoms with Crippen LogP contribution in [0.25, 0.3) is 6.08 Å². The fraction of sp³-hybridized carbons (Fsp3) is 0.355. The topological polar surface area (TPSA) is 115 Å². The summed E-state index contributed by atoms with van der Waals surface area (Å²) in [5.41, 5.74) is 1.89. The van der Waals surface area contributed by atoms with Gasteiger partial charge in [0.25, 0.3) is 5.56 Å². The van der Waals surface area contributed by atoms with Gasteiger partial charge in [-0.1, -0.05) is 23.5 Å². The Labute approximate surface area is 266 Å². The van der Waals surface area contributed by atoms with Gasteiger partial charge in [0.1, 0.15) is 5.75 Å². The van der Waals surface area contributed by atoms with Gasteiger partial charge in [0.2, 0.25) is 0 Å². The molecule has 228 valence electrons. The molecule has 10 nitrogen and oxygen atoms in total. The third kappa shape index (κ3) is 7.29. The predicted molar refractivity (Wildman–Crippen MR) is 170 cm³/mol. The predicted octanol–water partition coefficient (Wildman–Crippen LogP) is 4.14. The number of halogens is 1. The standard InChI is InChI=1S/C31H33IN2O8S/c1-7-39-21-11-9-20(10-12-21)27-26(30(37)42-17(3)4)18(5)33-31-34(27)29(36)24(43-31)15-19-13-22(32)28(23(14-19)38-6)41-16-25(35)40-8-2/h9-15,17,27H,7-8,16H2,1-6H3/b24-15+/t27-/m1/s1. The minimum atomic E-state index is -0.742. The van der Waals surface area contributed by atoms with Crippen LogP contribution in [-0.2, 0) is 19.1 Å². The van der Waals surface area contributed by atoms with Crippen LogP contribution in [0.1, 0.15) is 51.8 Å². The Morgan fingerprint density at radius 3 is 2.47 bits per heavy atom. The highest BCUT2D eigenvalue weighted by molar-refractivity contribution is 14.1. The molecule has 0 saturated heterocycles. The molecule has 1 atom stereocenters. The lowest BCUT2D eigenvalue weighted by Crippen LogP contribution is -2.40. The number of benzene rings is 2. The molecule has 1 aliphatic heterocycles. The third-order valence-electron chi connectivity index (χ3n) is 6.28. The summed E-state index contributed by atoms with van der Waals surface area (Å²) in [6, 6.07) is 10.1. The molecular formula is C31H33IN2O8S. The molecule has 1 aromatic heterocycles. The molecule has 43 heavy (non-hydrogen) atoms. The highest BCUT2D eigenvalue weighted by atomic mass is 127. The number of aromatic nitrogens is 1. The van der Waals surface area contributed by atoms with E-state index in [-0.39, 0.29) is 24.9 Å². The Bertz CT molecular complexity index is 1720. The highest BCUT2D eigenvalue weighted by Gasteiger charge is 2.34. The van der Waals surface area contributed by atoms with E-state index in [0.717, 1.165) is 5.56 Å². The summed E-state index contributed by atoms with van der Waals surface area (Å²) >= 11 is 3.31. The van der Waals surface area contributed by atoms with Crippen LogP contribution >= 0.6 is 33.9 Å². The summed E-state index contributed by atoms with van der Waals surface area (Å²) in [5.74, 6) is 0.469. The van der Waals surface area contributed by atoms with Crippen LogP contribution in [-0.4, -0.2) is 49.5 Å². The van der Waals surface area contributed by atoms with Gasteiger partial charge in [-0.2, -0.15) is 0 Å². The van der Waals surface area contributed by atoms with E-state index in [2.05, 4.69) is 27.6 Å². The van der Waals surface area contributed by atoms with E-state index in [1.807, 2.05) is 37.3 Å². The van der Waals surface area contributed by atoms with Crippen molar-refractivity contribution in [2.24, 2.45) is 4.99 Å². The fourth-order valence-corrected chi connectivity index (χ4v) is 6.36. The summed E-state index contributed by atoms with van der Waals surface area (Å²) in [6.45, 7) is 9.44. The molecule has 0 spiro atoms. The lowest BCUT2D eigenvalue weighted by molar-refractivity contribution is -0.145. The van der Waals surface area contributed by atoms with Crippen molar-refractivity contribution < 1.29 is 33.3 Å². The first-order chi connectivity index (χ1) is 20.6. The molecule has 0 amide bonds. The zero-order valence-corrected chi connectivity index (χ0v) is 27.7. The van der Waals surface area contributed by atoms with Gasteiger partial charge in [0.15, 0.2) is 22.9 Å². The maximum absolute atomic E-state index is 14.0. The van der Waals surface area contributed by atoms with Crippen LogP contribution in [0.4, 0.5) is 0 Å². The largest absolute Gasteiger partial charge is 0.494 e. The number of ether oxygens (including phenoxy) is 5. The lowest BCUT2D eigenvalue weighted by Gasteiger charge is -2.25. The van der Waals surface area contributed by atoms with Crippen molar-refractivity contribution in [3.8, 4) is 17.2 Å². The fourth-order valence-electron chi connectivity index (χ4n) is 4.54. The smallest absolute Gasteiger partial charge is 0.344 e. The van der Waals surface area contributed by atoms with E-state index in [1.165, 1.54) is 23.0 Å². The maximum Gasteiger partial charge on any atom is 0.344 e. The van der Waals surface area contributed by atoms with Gasteiger partial charge in [0, 0.05) is 0 Å². The van der Waals surface area contributed by atoms with Gasteiger partial charge in [-0.15, -0.1) is 0 Å². The monoisotopic (exact) mass is 720 g/mol. The SMILES string of the molecule is CCOC(=O)COc1c(I)cc(/C=c2/sc3n(c2=O)[C@H](c2ccc(OCC)cc2)C(C(=O)OC(C)C)=C(C)N=3)cc1OC. The van der Waals surface area contributed by atoms with Gasteiger partial charge in [-0.3, -0.25) is 9.36 Å². The molecule has 0 bridgehead atoms. The van der Waals surface area contributed by atoms with Crippen molar-refractivity contribution in [3.63, 3.8) is 0 Å². The summed E-state index contributed by atoms with van der Waals surface area (Å²) in [5, 5.41) is 0. The van der Waals surface area contributed by atoms with Gasteiger partial charge in [0.05, 0.1) is 51.8 Å². The Morgan fingerprint density at radius 1 is 1.12 bits per heavy atom. The number of fused-ring (bicyclic) bond motifs is 1. The van der Waals surface area contributed by atoms with Crippen LogP contribution in [0.15, 0.2) is 57.5 Å². The second kappa shape index (κ2) is 14.2. The van der Waals surface area contributed by atoms with E-state index in [9.17, 15) is 14.4 Å². The first-order valence-electron chi connectivity index (χ1n) is 13.7. The van der Waals surface area contributed by atoms with Crippen LogP contribution < -0.4 is 29.1 Å².